The predicted molar refractivity (Wildman–Crippen MR) is 83.1 cm³/mol. The minimum atomic E-state index is -0.0340. The second kappa shape index (κ2) is 7.52. The summed E-state index contributed by atoms with van der Waals surface area (Å²) in [5.41, 5.74) is 0.854. The van der Waals surface area contributed by atoms with Crippen LogP contribution < -0.4 is 15.0 Å². The highest BCUT2D eigenvalue weighted by molar-refractivity contribution is 6.31. The van der Waals surface area contributed by atoms with Crippen LogP contribution in [0.3, 0.4) is 0 Å². The summed E-state index contributed by atoms with van der Waals surface area (Å²) in [6.07, 6.45) is 1.46. The smallest absolute Gasteiger partial charge is 0.239 e. The SMILES string of the molecule is CC(CCCO)NC(=O)CN1CCOc2ccc(Cl)cc21. The Labute approximate surface area is 129 Å². The average molecular weight is 313 g/mol. The number of benzene rings is 1. The molecule has 1 heterocycles. The van der Waals surface area contributed by atoms with E-state index in [1.54, 1.807) is 6.07 Å². The fourth-order valence-electron chi connectivity index (χ4n) is 2.37. The van der Waals surface area contributed by atoms with Crippen LogP contribution in [-0.4, -0.2) is 43.4 Å². The summed E-state index contributed by atoms with van der Waals surface area (Å²) in [5, 5.41) is 12.4. The lowest BCUT2D eigenvalue weighted by Gasteiger charge is -2.31. The predicted octanol–water partition coefficient (Wildman–Crippen LogP) is 1.82. The molecule has 1 unspecified atom stereocenters. The topological polar surface area (TPSA) is 61.8 Å². The van der Waals surface area contributed by atoms with Gasteiger partial charge in [-0.05, 0) is 38.0 Å². The standard InChI is InChI=1S/C15H21ClN2O3/c1-11(3-2-7-19)17-15(20)10-18-6-8-21-14-5-4-12(16)9-13(14)18/h4-5,9,11,19H,2-3,6-8,10H2,1H3,(H,17,20). The molecule has 1 aliphatic heterocycles. The van der Waals surface area contributed by atoms with Gasteiger partial charge in [0.2, 0.25) is 5.91 Å². The molecule has 0 aromatic heterocycles. The number of nitrogens with zero attached hydrogens (tertiary/aromatic N) is 1. The summed E-state index contributed by atoms with van der Waals surface area (Å²) in [4.78, 5) is 14.1. The Bertz CT molecular complexity index is 496. The number of hydrogen-bond donors (Lipinski definition) is 2. The number of nitrogens with one attached hydrogen (secondary N) is 1. The molecule has 6 heteroatoms. The van der Waals surface area contributed by atoms with Gasteiger partial charge in [-0.1, -0.05) is 11.6 Å². The molecular weight excluding hydrogens is 292 g/mol. The Morgan fingerprint density at radius 2 is 2.38 bits per heavy atom. The van der Waals surface area contributed by atoms with E-state index in [9.17, 15) is 4.79 Å². The number of rotatable bonds is 6. The lowest BCUT2D eigenvalue weighted by molar-refractivity contribution is -0.120. The maximum absolute atomic E-state index is 12.1. The van der Waals surface area contributed by atoms with Crippen LogP contribution in [0.2, 0.25) is 5.02 Å². The lowest BCUT2D eigenvalue weighted by Crippen LogP contribution is -2.43. The van der Waals surface area contributed by atoms with Crippen molar-refractivity contribution in [1.82, 2.24) is 5.32 Å². The summed E-state index contributed by atoms with van der Waals surface area (Å²) >= 11 is 6.01. The van der Waals surface area contributed by atoms with E-state index in [1.165, 1.54) is 0 Å². The minimum Gasteiger partial charge on any atom is -0.490 e. The summed E-state index contributed by atoms with van der Waals surface area (Å²) in [6, 6.07) is 5.48. The van der Waals surface area contributed by atoms with Gasteiger partial charge in [0.15, 0.2) is 0 Å². The minimum absolute atomic E-state index is 0.0340. The second-order valence-corrected chi connectivity index (χ2v) is 5.65. The Morgan fingerprint density at radius 1 is 1.57 bits per heavy atom. The number of hydrogen-bond acceptors (Lipinski definition) is 4. The molecule has 0 saturated carbocycles. The van der Waals surface area contributed by atoms with Crippen molar-refractivity contribution in [2.75, 3.05) is 31.2 Å². The Hall–Kier alpha value is -1.46. The van der Waals surface area contributed by atoms with Crippen molar-refractivity contribution in [3.63, 3.8) is 0 Å². The number of ether oxygens (including phenoxy) is 1. The molecule has 1 amide bonds. The van der Waals surface area contributed by atoms with Crippen molar-refractivity contribution in [2.24, 2.45) is 0 Å². The molecule has 1 atom stereocenters. The van der Waals surface area contributed by atoms with Gasteiger partial charge in [0.25, 0.3) is 0 Å². The average Bonchev–Trinajstić information content (AvgIpc) is 2.45. The molecule has 0 bridgehead atoms. The monoisotopic (exact) mass is 312 g/mol. The van der Waals surface area contributed by atoms with E-state index in [-0.39, 0.29) is 25.1 Å². The largest absolute Gasteiger partial charge is 0.490 e. The van der Waals surface area contributed by atoms with Gasteiger partial charge in [-0.15, -0.1) is 0 Å². The number of halogens is 1. The molecule has 0 spiro atoms. The third kappa shape index (κ3) is 4.51. The highest BCUT2D eigenvalue weighted by atomic mass is 35.5. The van der Waals surface area contributed by atoms with Crippen molar-refractivity contribution < 1.29 is 14.6 Å². The fourth-order valence-corrected chi connectivity index (χ4v) is 2.54. The number of fused-ring (bicyclic) bond motifs is 1. The van der Waals surface area contributed by atoms with E-state index in [1.807, 2.05) is 24.0 Å². The van der Waals surface area contributed by atoms with Gasteiger partial charge in [-0.2, -0.15) is 0 Å². The molecule has 0 saturated heterocycles. The van der Waals surface area contributed by atoms with Crippen molar-refractivity contribution in [3.05, 3.63) is 23.2 Å². The lowest BCUT2D eigenvalue weighted by atomic mass is 10.2. The van der Waals surface area contributed by atoms with Crippen molar-refractivity contribution >= 4 is 23.2 Å². The summed E-state index contributed by atoms with van der Waals surface area (Å²) in [6.45, 7) is 3.58. The first kappa shape index (κ1) is 15.9. The maximum atomic E-state index is 12.1. The van der Waals surface area contributed by atoms with Crippen LogP contribution in [0.1, 0.15) is 19.8 Å². The molecule has 0 radical (unpaired) electrons. The zero-order valence-corrected chi connectivity index (χ0v) is 12.9. The molecular formula is C15H21ClN2O3. The molecule has 2 rings (SSSR count). The quantitative estimate of drug-likeness (QED) is 0.841. The van der Waals surface area contributed by atoms with Crippen LogP contribution in [0.15, 0.2) is 18.2 Å². The van der Waals surface area contributed by atoms with Gasteiger partial charge in [-0.25, -0.2) is 0 Å². The molecule has 5 nitrogen and oxygen atoms in total. The molecule has 0 fully saturated rings. The first-order valence-corrected chi connectivity index (χ1v) is 7.55. The van der Waals surface area contributed by atoms with Crippen LogP contribution in [0.5, 0.6) is 5.75 Å². The van der Waals surface area contributed by atoms with Gasteiger partial charge >= 0.3 is 0 Å². The first-order chi connectivity index (χ1) is 10.1. The Kier molecular flexibility index (Phi) is 5.70. The maximum Gasteiger partial charge on any atom is 0.239 e. The van der Waals surface area contributed by atoms with E-state index in [4.69, 9.17) is 21.4 Å². The van der Waals surface area contributed by atoms with E-state index in [0.717, 1.165) is 17.9 Å². The molecule has 2 N–H and O–H groups in total. The number of aliphatic hydroxyl groups excluding tert-OH is 1. The molecule has 1 aromatic carbocycles. The van der Waals surface area contributed by atoms with Crippen LogP contribution in [0.4, 0.5) is 5.69 Å². The third-order valence-corrected chi connectivity index (χ3v) is 3.65. The number of amides is 1. The van der Waals surface area contributed by atoms with Gasteiger partial charge in [-0.3, -0.25) is 4.79 Å². The zero-order valence-electron chi connectivity index (χ0n) is 12.1. The molecule has 1 aromatic rings. The van der Waals surface area contributed by atoms with Gasteiger partial charge in [0.1, 0.15) is 12.4 Å². The van der Waals surface area contributed by atoms with Crippen molar-refractivity contribution in [2.45, 2.75) is 25.8 Å². The van der Waals surface area contributed by atoms with Crippen LogP contribution in [0.25, 0.3) is 0 Å². The summed E-state index contributed by atoms with van der Waals surface area (Å²) < 4.78 is 5.56. The Balaban J connectivity index is 1.95. The van der Waals surface area contributed by atoms with E-state index < -0.39 is 0 Å². The van der Waals surface area contributed by atoms with Crippen LogP contribution in [0, 0.1) is 0 Å². The van der Waals surface area contributed by atoms with E-state index in [2.05, 4.69) is 5.32 Å². The molecule has 0 aliphatic carbocycles. The molecule has 21 heavy (non-hydrogen) atoms. The molecule has 116 valence electrons. The normalized spacial score (nSPS) is 15.1. The fraction of sp³-hybridized carbons (Fsp3) is 0.533. The highest BCUT2D eigenvalue weighted by Gasteiger charge is 2.21. The summed E-state index contributed by atoms with van der Waals surface area (Å²) in [7, 11) is 0. The number of carbonyl (C=O) groups excluding carboxylic acids is 1. The highest BCUT2D eigenvalue weighted by Crippen LogP contribution is 2.33. The van der Waals surface area contributed by atoms with E-state index in [0.29, 0.717) is 24.6 Å². The van der Waals surface area contributed by atoms with E-state index >= 15 is 0 Å². The summed E-state index contributed by atoms with van der Waals surface area (Å²) in [5.74, 6) is 0.722. The Morgan fingerprint density at radius 3 is 3.14 bits per heavy atom. The molecule has 1 aliphatic rings. The number of aliphatic hydroxyl groups is 1. The zero-order chi connectivity index (χ0) is 15.2. The first-order valence-electron chi connectivity index (χ1n) is 7.17. The van der Waals surface area contributed by atoms with Gasteiger partial charge in [0, 0.05) is 17.7 Å². The van der Waals surface area contributed by atoms with Crippen LogP contribution in [-0.2, 0) is 4.79 Å². The van der Waals surface area contributed by atoms with Gasteiger partial charge in [0.05, 0.1) is 18.8 Å². The number of anilines is 1. The van der Waals surface area contributed by atoms with Gasteiger partial charge < -0.3 is 20.1 Å². The van der Waals surface area contributed by atoms with Crippen molar-refractivity contribution in [1.29, 1.82) is 0 Å². The number of carbonyl (C=O) groups is 1. The van der Waals surface area contributed by atoms with Crippen LogP contribution >= 0.6 is 11.6 Å². The van der Waals surface area contributed by atoms with Crippen molar-refractivity contribution in [3.8, 4) is 5.75 Å². The second-order valence-electron chi connectivity index (χ2n) is 5.22. The third-order valence-electron chi connectivity index (χ3n) is 3.42.